The lowest BCUT2D eigenvalue weighted by molar-refractivity contribution is 0.0552. The number of piperazine rings is 1. The number of methoxy groups -OCH3 is 2. The zero-order valence-corrected chi connectivity index (χ0v) is 24.2. The van der Waals surface area contributed by atoms with E-state index in [0.29, 0.717) is 48.7 Å². The van der Waals surface area contributed by atoms with Crippen molar-refractivity contribution in [2.45, 2.75) is 32.4 Å². The third kappa shape index (κ3) is 6.09. The van der Waals surface area contributed by atoms with Crippen molar-refractivity contribution in [1.29, 1.82) is 0 Å². The van der Waals surface area contributed by atoms with Crippen molar-refractivity contribution >= 4 is 17.5 Å². The van der Waals surface area contributed by atoms with E-state index in [1.165, 1.54) is 4.90 Å². The molecule has 8 nitrogen and oxygen atoms in total. The molecule has 2 aliphatic rings. The second kappa shape index (κ2) is 13.2. The molecule has 3 aromatic carbocycles. The summed E-state index contributed by atoms with van der Waals surface area (Å²) in [6.07, 6.45) is 1.23. The third-order valence-corrected chi connectivity index (χ3v) is 8.07. The summed E-state index contributed by atoms with van der Waals surface area (Å²) in [6.45, 7) is 7.71. The van der Waals surface area contributed by atoms with E-state index in [4.69, 9.17) is 14.2 Å². The smallest absolute Gasteiger partial charge is 0.264 e. The van der Waals surface area contributed by atoms with E-state index in [2.05, 4.69) is 16.7 Å². The van der Waals surface area contributed by atoms with Gasteiger partial charge in [-0.1, -0.05) is 49.4 Å². The first-order valence-corrected chi connectivity index (χ1v) is 14.4. The topological polar surface area (TPSA) is 71.6 Å². The Bertz CT molecular complexity index is 1350. The van der Waals surface area contributed by atoms with Gasteiger partial charge in [0.1, 0.15) is 0 Å². The van der Waals surface area contributed by atoms with Gasteiger partial charge in [0.05, 0.1) is 43.7 Å². The van der Waals surface area contributed by atoms with Crippen LogP contribution in [0.15, 0.2) is 66.7 Å². The highest BCUT2D eigenvalue weighted by Crippen LogP contribution is 2.40. The summed E-state index contributed by atoms with van der Waals surface area (Å²) in [7, 11) is 3.17. The zero-order chi connectivity index (χ0) is 28.8. The van der Waals surface area contributed by atoms with E-state index in [-0.39, 0.29) is 11.8 Å². The van der Waals surface area contributed by atoms with Gasteiger partial charge in [-0.2, -0.15) is 0 Å². The van der Waals surface area contributed by atoms with Gasteiger partial charge >= 0.3 is 0 Å². The van der Waals surface area contributed by atoms with E-state index in [0.717, 1.165) is 49.5 Å². The van der Waals surface area contributed by atoms with E-state index >= 15 is 0 Å². The number of hydrogen-bond acceptors (Lipinski definition) is 7. The van der Waals surface area contributed by atoms with Crippen LogP contribution in [0.5, 0.6) is 11.5 Å². The standard InChI is InChI=1S/C33H39N3O5/c1-4-34-17-19-35(20-18-34)28-13-8-12-26-31(28)33(38)36(32(26)37)27(25-15-16-29(39-2)30(22-25)40-3)14-9-21-41-23-24-10-6-5-7-11-24/h5-8,10-13,15-16,22,27H,4,9,14,17-21,23H2,1-3H3/t27-/m1/s1. The van der Waals surface area contributed by atoms with Crippen LogP contribution in [0.3, 0.4) is 0 Å². The van der Waals surface area contributed by atoms with Gasteiger partial charge in [0.2, 0.25) is 0 Å². The SMILES string of the molecule is CCN1CCN(c2cccc3c2C(=O)N([C@H](CCCOCc2ccccc2)c2ccc(OC)c(OC)c2)C3=O)CC1. The van der Waals surface area contributed by atoms with Gasteiger partial charge in [-0.25, -0.2) is 0 Å². The highest BCUT2D eigenvalue weighted by Gasteiger charge is 2.43. The van der Waals surface area contributed by atoms with E-state index in [1.54, 1.807) is 20.3 Å². The van der Waals surface area contributed by atoms with Crippen molar-refractivity contribution < 1.29 is 23.8 Å². The third-order valence-electron chi connectivity index (χ3n) is 8.07. The molecule has 0 spiro atoms. The van der Waals surface area contributed by atoms with E-state index in [1.807, 2.05) is 60.7 Å². The molecule has 0 N–H and O–H groups in total. The molecule has 0 radical (unpaired) electrons. The largest absolute Gasteiger partial charge is 0.493 e. The number of fused-ring (bicyclic) bond motifs is 1. The minimum Gasteiger partial charge on any atom is -0.493 e. The molecule has 0 unspecified atom stereocenters. The number of benzene rings is 3. The second-order valence-electron chi connectivity index (χ2n) is 10.4. The summed E-state index contributed by atoms with van der Waals surface area (Å²) >= 11 is 0. The summed E-state index contributed by atoms with van der Waals surface area (Å²) in [4.78, 5) is 34.1. The summed E-state index contributed by atoms with van der Waals surface area (Å²) in [5.41, 5.74) is 3.75. The van der Waals surface area contributed by atoms with Gasteiger partial charge in [-0.3, -0.25) is 14.5 Å². The summed E-state index contributed by atoms with van der Waals surface area (Å²) in [5.74, 6) is 0.644. The monoisotopic (exact) mass is 557 g/mol. The quantitative estimate of drug-likeness (QED) is 0.225. The average Bonchev–Trinajstić information content (AvgIpc) is 3.28. The maximum atomic E-state index is 14.1. The minimum atomic E-state index is -0.479. The van der Waals surface area contributed by atoms with Crippen LogP contribution in [0.25, 0.3) is 0 Å². The predicted molar refractivity (Wildman–Crippen MR) is 159 cm³/mol. The average molecular weight is 558 g/mol. The first-order valence-electron chi connectivity index (χ1n) is 14.4. The maximum Gasteiger partial charge on any atom is 0.264 e. The van der Waals surface area contributed by atoms with Crippen LogP contribution >= 0.6 is 0 Å². The van der Waals surface area contributed by atoms with Crippen LogP contribution in [0.2, 0.25) is 0 Å². The van der Waals surface area contributed by atoms with E-state index < -0.39 is 6.04 Å². The van der Waals surface area contributed by atoms with Crippen molar-refractivity contribution in [2.24, 2.45) is 0 Å². The van der Waals surface area contributed by atoms with Crippen LogP contribution in [0.1, 0.15) is 57.7 Å². The molecule has 41 heavy (non-hydrogen) atoms. The van der Waals surface area contributed by atoms with Gasteiger partial charge in [0.25, 0.3) is 11.8 Å². The van der Waals surface area contributed by atoms with Gasteiger partial charge in [0, 0.05) is 32.8 Å². The number of carbonyl (C=O) groups is 2. The van der Waals surface area contributed by atoms with Crippen LogP contribution in [0.4, 0.5) is 5.69 Å². The van der Waals surface area contributed by atoms with Gasteiger partial charge < -0.3 is 24.0 Å². The second-order valence-corrected chi connectivity index (χ2v) is 10.4. The minimum absolute atomic E-state index is 0.247. The Balaban J connectivity index is 1.40. The molecule has 5 rings (SSSR count). The molecule has 2 amide bonds. The lowest BCUT2D eigenvalue weighted by atomic mass is 9.99. The van der Waals surface area contributed by atoms with Crippen molar-refractivity contribution in [3.8, 4) is 11.5 Å². The Hall–Kier alpha value is -3.88. The zero-order valence-electron chi connectivity index (χ0n) is 24.2. The van der Waals surface area contributed by atoms with Gasteiger partial charge in [-0.05, 0) is 54.8 Å². The molecule has 1 saturated heterocycles. The van der Waals surface area contributed by atoms with Crippen LogP contribution in [0, 0.1) is 0 Å². The number of carbonyl (C=O) groups excluding carboxylic acids is 2. The lowest BCUT2D eigenvalue weighted by Gasteiger charge is -2.36. The van der Waals surface area contributed by atoms with Crippen molar-refractivity contribution in [1.82, 2.24) is 9.80 Å². The highest BCUT2D eigenvalue weighted by molar-refractivity contribution is 6.24. The van der Waals surface area contributed by atoms with Crippen LogP contribution in [-0.4, -0.2) is 75.2 Å². The number of anilines is 1. The Morgan fingerprint density at radius 1 is 0.829 bits per heavy atom. The molecular weight excluding hydrogens is 518 g/mol. The molecule has 2 aliphatic heterocycles. The maximum absolute atomic E-state index is 14.1. The Kier molecular flexibility index (Phi) is 9.21. The molecule has 1 fully saturated rings. The van der Waals surface area contributed by atoms with Gasteiger partial charge in [0.15, 0.2) is 11.5 Å². The molecule has 0 aliphatic carbocycles. The van der Waals surface area contributed by atoms with Crippen molar-refractivity contribution in [3.05, 3.63) is 89.0 Å². The number of hydrogen-bond donors (Lipinski definition) is 0. The molecule has 0 saturated carbocycles. The predicted octanol–water partition coefficient (Wildman–Crippen LogP) is 5.18. The molecular formula is C33H39N3O5. The fourth-order valence-electron chi connectivity index (χ4n) is 5.79. The molecule has 0 bridgehead atoms. The first kappa shape index (κ1) is 28.6. The number of rotatable bonds is 12. The van der Waals surface area contributed by atoms with Crippen molar-refractivity contribution in [2.75, 3.05) is 58.5 Å². The van der Waals surface area contributed by atoms with E-state index in [9.17, 15) is 9.59 Å². The summed E-state index contributed by atoms with van der Waals surface area (Å²) in [5, 5.41) is 0. The Labute approximate surface area is 242 Å². The molecule has 2 heterocycles. The fourth-order valence-corrected chi connectivity index (χ4v) is 5.79. The number of amides is 2. The molecule has 8 heteroatoms. The molecule has 0 aromatic heterocycles. The van der Waals surface area contributed by atoms with Crippen LogP contribution < -0.4 is 14.4 Å². The normalized spacial score (nSPS) is 16.2. The fraction of sp³-hybridized carbons (Fsp3) is 0.394. The highest BCUT2D eigenvalue weighted by atomic mass is 16.5. The molecule has 3 aromatic rings. The number of imide groups is 1. The molecule has 216 valence electrons. The number of nitrogens with zero attached hydrogens (tertiary/aromatic N) is 3. The Morgan fingerprint density at radius 2 is 1.59 bits per heavy atom. The first-order chi connectivity index (χ1) is 20.0. The molecule has 1 atom stereocenters. The number of ether oxygens (including phenoxy) is 3. The summed E-state index contributed by atoms with van der Waals surface area (Å²) in [6, 6.07) is 20.8. The summed E-state index contributed by atoms with van der Waals surface area (Å²) < 4.78 is 16.9. The number of likely N-dealkylation sites (N-methyl/N-ethyl adjacent to an activating group) is 1. The van der Waals surface area contributed by atoms with Gasteiger partial charge in [-0.15, -0.1) is 0 Å². The Morgan fingerprint density at radius 3 is 2.29 bits per heavy atom. The van der Waals surface area contributed by atoms with Crippen molar-refractivity contribution in [3.63, 3.8) is 0 Å². The lowest BCUT2D eigenvalue weighted by Crippen LogP contribution is -2.46. The van der Waals surface area contributed by atoms with Crippen LogP contribution in [-0.2, 0) is 11.3 Å².